The molecule has 0 atom stereocenters. The van der Waals surface area contributed by atoms with Crippen molar-refractivity contribution in [1.82, 2.24) is 15.6 Å². The van der Waals surface area contributed by atoms with E-state index in [-0.39, 0.29) is 0 Å². The minimum atomic E-state index is 0.602. The van der Waals surface area contributed by atoms with E-state index in [1.165, 1.54) is 5.01 Å². The van der Waals surface area contributed by atoms with Gasteiger partial charge in [-0.15, -0.1) is 11.3 Å². The van der Waals surface area contributed by atoms with Crippen LogP contribution in [-0.4, -0.2) is 44.3 Å². The first kappa shape index (κ1) is 19.9. The number of unbranched alkanes of at least 4 members (excludes halogenated alkanes) is 1. The van der Waals surface area contributed by atoms with E-state index >= 15 is 0 Å². The predicted octanol–water partition coefficient (Wildman–Crippen LogP) is 3.00. The van der Waals surface area contributed by atoms with Crippen LogP contribution in [0.5, 0.6) is 0 Å². The number of nitrogens with zero attached hydrogens (tertiary/aromatic N) is 2. The Morgan fingerprint density at radius 2 is 2.00 bits per heavy atom. The summed E-state index contributed by atoms with van der Waals surface area (Å²) < 4.78 is 5.56. The van der Waals surface area contributed by atoms with Gasteiger partial charge in [0.25, 0.3) is 0 Å². The normalized spacial score (nSPS) is 12.0. The molecule has 2 N–H and O–H groups in total. The van der Waals surface area contributed by atoms with Gasteiger partial charge < -0.3 is 15.4 Å². The van der Waals surface area contributed by atoms with Crippen molar-refractivity contribution >= 4 is 17.3 Å². The molecule has 1 rings (SSSR count). The number of rotatable bonds is 11. The van der Waals surface area contributed by atoms with Gasteiger partial charge in [0.1, 0.15) is 0 Å². The third kappa shape index (κ3) is 10.3. The monoisotopic (exact) mass is 340 g/mol. The maximum absolute atomic E-state index is 5.56. The molecule has 0 aliphatic carbocycles. The Kier molecular flexibility index (Phi) is 10.6. The topological polar surface area (TPSA) is 58.5 Å². The highest BCUT2D eigenvalue weighted by Gasteiger charge is 2.00. The second-order valence-electron chi connectivity index (χ2n) is 6.09. The first-order valence-electron chi connectivity index (χ1n) is 8.55. The summed E-state index contributed by atoms with van der Waals surface area (Å²) >= 11 is 1.76. The number of aliphatic imine (C=N–C) groups is 1. The van der Waals surface area contributed by atoms with E-state index in [9.17, 15) is 0 Å². The molecule has 0 bridgehead atoms. The average Bonchev–Trinajstić information content (AvgIpc) is 2.93. The van der Waals surface area contributed by atoms with Crippen molar-refractivity contribution < 1.29 is 4.74 Å². The highest BCUT2D eigenvalue weighted by Crippen LogP contribution is 2.11. The van der Waals surface area contributed by atoms with Gasteiger partial charge in [-0.2, -0.15) is 0 Å². The van der Waals surface area contributed by atoms with E-state index in [1.807, 2.05) is 14.0 Å². The molecule has 0 aliphatic rings. The fraction of sp³-hybridized carbons (Fsp3) is 0.765. The molecule has 0 amide bonds. The van der Waals surface area contributed by atoms with Gasteiger partial charge in [0.2, 0.25) is 0 Å². The molecule has 0 aromatic carbocycles. The van der Waals surface area contributed by atoms with Gasteiger partial charge in [0.05, 0.1) is 5.01 Å². The van der Waals surface area contributed by atoms with Crippen LogP contribution in [0.25, 0.3) is 0 Å². The van der Waals surface area contributed by atoms with E-state index in [2.05, 4.69) is 39.8 Å². The number of hydrogen-bond donors (Lipinski definition) is 2. The number of hydrogen-bond acceptors (Lipinski definition) is 4. The van der Waals surface area contributed by atoms with Crippen LogP contribution >= 0.6 is 11.3 Å². The van der Waals surface area contributed by atoms with Crippen molar-refractivity contribution in [3.05, 3.63) is 16.1 Å². The molecule has 0 fully saturated rings. The third-order valence-electron chi connectivity index (χ3n) is 3.21. The number of aryl methyl sites for hydroxylation is 2. The van der Waals surface area contributed by atoms with Crippen LogP contribution in [0.1, 0.15) is 43.8 Å². The second-order valence-corrected chi connectivity index (χ2v) is 7.03. The summed E-state index contributed by atoms with van der Waals surface area (Å²) in [5.41, 5.74) is 1.13. The van der Waals surface area contributed by atoms with Gasteiger partial charge in [-0.1, -0.05) is 13.8 Å². The molecule has 0 radical (unpaired) electrons. The maximum Gasteiger partial charge on any atom is 0.190 e. The molecule has 0 saturated carbocycles. The Morgan fingerprint density at radius 1 is 1.26 bits per heavy atom. The molecule has 23 heavy (non-hydrogen) atoms. The van der Waals surface area contributed by atoms with Gasteiger partial charge in [-0.05, 0) is 38.5 Å². The summed E-state index contributed by atoms with van der Waals surface area (Å²) in [4.78, 5) is 8.72. The second kappa shape index (κ2) is 12.3. The Balaban J connectivity index is 1.99. The number of nitrogens with one attached hydrogen (secondary N) is 2. The Labute approximate surface area is 145 Å². The van der Waals surface area contributed by atoms with Crippen molar-refractivity contribution in [2.24, 2.45) is 10.9 Å². The van der Waals surface area contributed by atoms with Gasteiger partial charge in [-0.25, -0.2) is 4.98 Å². The van der Waals surface area contributed by atoms with Crippen LogP contribution < -0.4 is 10.6 Å². The summed E-state index contributed by atoms with van der Waals surface area (Å²) in [6.45, 7) is 9.84. The first-order chi connectivity index (χ1) is 11.1. The summed E-state index contributed by atoms with van der Waals surface area (Å²) in [6.07, 6.45) is 4.34. The maximum atomic E-state index is 5.56. The van der Waals surface area contributed by atoms with Crippen molar-refractivity contribution in [1.29, 1.82) is 0 Å². The van der Waals surface area contributed by atoms with Gasteiger partial charge >= 0.3 is 0 Å². The predicted molar refractivity (Wildman–Crippen MR) is 99.4 cm³/mol. The number of thiazole rings is 1. The Bertz CT molecular complexity index is 446. The van der Waals surface area contributed by atoms with E-state index in [0.29, 0.717) is 5.92 Å². The lowest BCUT2D eigenvalue weighted by Crippen LogP contribution is -2.38. The molecule has 0 unspecified atom stereocenters. The summed E-state index contributed by atoms with van der Waals surface area (Å²) in [6, 6.07) is 0. The zero-order valence-corrected chi connectivity index (χ0v) is 15.8. The zero-order chi connectivity index (χ0) is 16.9. The van der Waals surface area contributed by atoms with E-state index < -0.39 is 0 Å². The van der Waals surface area contributed by atoms with Crippen LogP contribution in [0, 0.1) is 12.8 Å². The molecule has 1 heterocycles. The molecular formula is C17H32N4OS. The fourth-order valence-corrected chi connectivity index (χ4v) is 2.86. The molecule has 132 valence electrons. The standard InChI is InChI=1S/C17H32N4OS/c1-14(2)12-22-11-7-10-20-17(18-4)19-9-6-5-8-16-21-15(3)13-23-16/h13-14H,5-12H2,1-4H3,(H2,18,19,20). The van der Waals surface area contributed by atoms with E-state index in [4.69, 9.17) is 4.74 Å². The summed E-state index contributed by atoms with van der Waals surface area (Å²) in [5.74, 6) is 1.48. The average molecular weight is 341 g/mol. The SMILES string of the molecule is CN=C(NCCCCc1nc(C)cs1)NCCCOCC(C)C. The molecule has 0 aliphatic heterocycles. The van der Waals surface area contributed by atoms with E-state index in [0.717, 1.165) is 63.6 Å². The summed E-state index contributed by atoms with van der Waals surface area (Å²) in [5, 5.41) is 10.0. The number of ether oxygens (including phenoxy) is 1. The van der Waals surface area contributed by atoms with Gasteiger partial charge in [0.15, 0.2) is 5.96 Å². The minimum Gasteiger partial charge on any atom is -0.381 e. The smallest absolute Gasteiger partial charge is 0.190 e. The molecule has 1 aromatic heterocycles. The van der Waals surface area contributed by atoms with Crippen LogP contribution in [0.2, 0.25) is 0 Å². The molecule has 0 spiro atoms. The first-order valence-corrected chi connectivity index (χ1v) is 9.43. The lowest BCUT2D eigenvalue weighted by atomic mass is 10.2. The molecule has 0 saturated heterocycles. The van der Waals surface area contributed by atoms with Gasteiger partial charge in [0, 0.05) is 44.4 Å². The quantitative estimate of drug-likeness (QED) is 0.369. The Hall–Kier alpha value is -1.14. The molecule has 1 aromatic rings. The molecule has 6 heteroatoms. The minimum absolute atomic E-state index is 0.602. The number of guanidine groups is 1. The lowest BCUT2D eigenvalue weighted by molar-refractivity contribution is 0.108. The highest BCUT2D eigenvalue weighted by atomic mass is 32.1. The van der Waals surface area contributed by atoms with Crippen LogP contribution in [0.4, 0.5) is 0 Å². The molecular weight excluding hydrogens is 308 g/mol. The Morgan fingerprint density at radius 3 is 2.61 bits per heavy atom. The zero-order valence-electron chi connectivity index (χ0n) is 15.0. The number of aromatic nitrogens is 1. The summed E-state index contributed by atoms with van der Waals surface area (Å²) in [7, 11) is 1.81. The van der Waals surface area contributed by atoms with Crippen molar-refractivity contribution in [2.75, 3.05) is 33.4 Å². The van der Waals surface area contributed by atoms with Gasteiger partial charge in [-0.3, -0.25) is 4.99 Å². The van der Waals surface area contributed by atoms with Crippen LogP contribution in [-0.2, 0) is 11.2 Å². The van der Waals surface area contributed by atoms with E-state index in [1.54, 1.807) is 11.3 Å². The van der Waals surface area contributed by atoms with Crippen LogP contribution in [0.15, 0.2) is 10.4 Å². The highest BCUT2D eigenvalue weighted by molar-refractivity contribution is 7.09. The van der Waals surface area contributed by atoms with Crippen molar-refractivity contribution in [3.63, 3.8) is 0 Å². The third-order valence-corrected chi connectivity index (χ3v) is 4.24. The lowest BCUT2D eigenvalue weighted by Gasteiger charge is -2.12. The molecule has 5 nitrogen and oxygen atoms in total. The van der Waals surface area contributed by atoms with Crippen molar-refractivity contribution in [3.8, 4) is 0 Å². The van der Waals surface area contributed by atoms with Crippen molar-refractivity contribution in [2.45, 2.75) is 46.5 Å². The largest absolute Gasteiger partial charge is 0.381 e. The van der Waals surface area contributed by atoms with Crippen LogP contribution in [0.3, 0.4) is 0 Å². The fourth-order valence-electron chi connectivity index (χ4n) is 2.05.